The van der Waals surface area contributed by atoms with Crippen molar-refractivity contribution < 1.29 is 9.59 Å². The molecule has 2 saturated carbocycles. The quantitative estimate of drug-likeness (QED) is 0.574. The molecule has 4 rings (SSSR count). The summed E-state index contributed by atoms with van der Waals surface area (Å²) in [4.78, 5) is 25.4. The molecule has 2 saturated heterocycles. The third-order valence-corrected chi connectivity index (χ3v) is 6.48. The lowest BCUT2D eigenvalue weighted by atomic mass is 9.77. The topological polar surface area (TPSA) is 82.3 Å². The van der Waals surface area contributed by atoms with E-state index in [4.69, 9.17) is 0 Å². The molecule has 142 valence electrons. The number of fused-ring (bicyclic) bond motifs is 3. The van der Waals surface area contributed by atoms with E-state index < -0.39 is 6.04 Å². The Balaban J connectivity index is 1.64. The standard InChI is InChI=1S/C19H34N4O2/c1-12(20-2)18(24)23-17(14-6-4-3-5-7-14)19(25)22-16-10-13-8-9-15(16)21-11-13/h12-17,20-21H,3-11H2,1-2H3,(H,22,25)(H,23,24)/t12-,13+,15-,16?,17-/m0/s1. The highest BCUT2D eigenvalue weighted by Gasteiger charge is 2.39. The lowest BCUT2D eigenvalue weighted by Crippen LogP contribution is -2.63. The van der Waals surface area contributed by atoms with Crippen LogP contribution in [-0.2, 0) is 9.59 Å². The second-order valence-electron chi connectivity index (χ2n) is 8.20. The van der Waals surface area contributed by atoms with Gasteiger partial charge in [0.05, 0.1) is 6.04 Å². The predicted molar refractivity (Wildman–Crippen MR) is 98.1 cm³/mol. The van der Waals surface area contributed by atoms with Gasteiger partial charge in [-0.15, -0.1) is 0 Å². The number of piperidine rings is 2. The fourth-order valence-electron chi connectivity index (χ4n) is 4.71. The Morgan fingerprint density at radius 2 is 1.80 bits per heavy atom. The zero-order valence-corrected chi connectivity index (χ0v) is 15.6. The van der Waals surface area contributed by atoms with Gasteiger partial charge in [0.1, 0.15) is 6.04 Å². The van der Waals surface area contributed by atoms with Gasteiger partial charge in [0.15, 0.2) is 0 Å². The molecule has 0 aromatic carbocycles. The predicted octanol–water partition coefficient (Wildman–Crippen LogP) is 0.916. The molecule has 0 radical (unpaired) electrons. The Hall–Kier alpha value is -1.14. The number of carbonyl (C=O) groups excluding carboxylic acids is 2. The minimum Gasteiger partial charge on any atom is -0.350 e. The molecule has 2 aliphatic heterocycles. The van der Waals surface area contributed by atoms with Gasteiger partial charge in [-0.2, -0.15) is 0 Å². The summed E-state index contributed by atoms with van der Waals surface area (Å²) in [7, 11) is 1.77. The van der Waals surface area contributed by atoms with Crippen molar-refractivity contribution in [3.63, 3.8) is 0 Å². The first-order valence-corrected chi connectivity index (χ1v) is 10.1. The van der Waals surface area contributed by atoms with Crippen molar-refractivity contribution in [2.24, 2.45) is 11.8 Å². The van der Waals surface area contributed by atoms with Gasteiger partial charge in [0.2, 0.25) is 11.8 Å². The smallest absolute Gasteiger partial charge is 0.243 e. The summed E-state index contributed by atoms with van der Waals surface area (Å²) in [6, 6.07) is -0.0760. The third kappa shape index (κ3) is 4.53. The van der Waals surface area contributed by atoms with Crippen LogP contribution in [0.5, 0.6) is 0 Å². The van der Waals surface area contributed by atoms with E-state index in [0.29, 0.717) is 12.0 Å². The second kappa shape index (κ2) is 8.49. The molecule has 6 nitrogen and oxygen atoms in total. The summed E-state index contributed by atoms with van der Waals surface area (Å²) in [5.41, 5.74) is 0. The molecular weight excluding hydrogens is 316 g/mol. The summed E-state index contributed by atoms with van der Waals surface area (Å²) in [6.45, 7) is 2.91. The van der Waals surface area contributed by atoms with Crippen molar-refractivity contribution in [2.45, 2.75) is 82.5 Å². The van der Waals surface area contributed by atoms with Gasteiger partial charge in [-0.25, -0.2) is 0 Å². The van der Waals surface area contributed by atoms with E-state index in [1.807, 2.05) is 6.92 Å². The first kappa shape index (κ1) is 18.6. The molecule has 6 heteroatoms. The minimum absolute atomic E-state index is 0.0166. The Labute approximate surface area is 151 Å². The van der Waals surface area contributed by atoms with Crippen molar-refractivity contribution >= 4 is 11.8 Å². The molecule has 0 spiro atoms. The zero-order valence-electron chi connectivity index (χ0n) is 15.6. The Morgan fingerprint density at radius 1 is 1.04 bits per heavy atom. The van der Waals surface area contributed by atoms with Gasteiger partial charge < -0.3 is 21.3 Å². The fraction of sp³-hybridized carbons (Fsp3) is 0.895. The van der Waals surface area contributed by atoms with Crippen LogP contribution in [0.15, 0.2) is 0 Å². The number of amides is 2. The van der Waals surface area contributed by atoms with Crippen LogP contribution in [0.2, 0.25) is 0 Å². The molecular formula is C19H34N4O2. The number of carbonyl (C=O) groups is 2. The van der Waals surface area contributed by atoms with Crippen LogP contribution in [0.4, 0.5) is 0 Å². The van der Waals surface area contributed by atoms with Crippen LogP contribution in [-0.4, -0.2) is 49.6 Å². The van der Waals surface area contributed by atoms with Crippen LogP contribution >= 0.6 is 0 Å². The van der Waals surface area contributed by atoms with Gasteiger partial charge in [-0.1, -0.05) is 19.3 Å². The maximum atomic E-state index is 13.1. The van der Waals surface area contributed by atoms with Crippen LogP contribution in [0, 0.1) is 11.8 Å². The highest BCUT2D eigenvalue weighted by molar-refractivity contribution is 5.90. The lowest BCUT2D eigenvalue weighted by Gasteiger charge is -2.44. The van der Waals surface area contributed by atoms with Crippen molar-refractivity contribution in [1.82, 2.24) is 21.3 Å². The minimum atomic E-state index is -0.399. The molecule has 2 bridgehead atoms. The average Bonchev–Trinajstić information content (AvgIpc) is 2.66. The molecule has 2 heterocycles. The van der Waals surface area contributed by atoms with E-state index in [1.54, 1.807) is 7.05 Å². The number of rotatable bonds is 6. The van der Waals surface area contributed by atoms with Gasteiger partial charge in [-0.05, 0) is 64.5 Å². The van der Waals surface area contributed by atoms with Crippen molar-refractivity contribution in [3.05, 3.63) is 0 Å². The van der Waals surface area contributed by atoms with E-state index in [-0.39, 0.29) is 29.8 Å². The largest absolute Gasteiger partial charge is 0.350 e. The van der Waals surface area contributed by atoms with Crippen LogP contribution in [0.1, 0.15) is 58.3 Å². The second-order valence-corrected chi connectivity index (χ2v) is 8.20. The Morgan fingerprint density at radius 3 is 2.36 bits per heavy atom. The fourth-order valence-corrected chi connectivity index (χ4v) is 4.71. The van der Waals surface area contributed by atoms with Crippen LogP contribution < -0.4 is 21.3 Å². The van der Waals surface area contributed by atoms with Crippen molar-refractivity contribution in [3.8, 4) is 0 Å². The van der Waals surface area contributed by atoms with E-state index in [9.17, 15) is 9.59 Å². The number of nitrogens with one attached hydrogen (secondary N) is 4. The van der Waals surface area contributed by atoms with E-state index in [0.717, 1.165) is 45.1 Å². The molecule has 25 heavy (non-hydrogen) atoms. The molecule has 4 aliphatic rings. The molecule has 4 fully saturated rings. The average molecular weight is 351 g/mol. The van der Waals surface area contributed by atoms with Crippen LogP contribution in [0.25, 0.3) is 0 Å². The van der Waals surface area contributed by atoms with Crippen LogP contribution in [0.3, 0.4) is 0 Å². The van der Waals surface area contributed by atoms with Gasteiger partial charge in [-0.3, -0.25) is 9.59 Å². The van der Waals surface area contributed by atoms with E-state index in [2.05, 4.69) is 21.3 Å². The van der Waals surface area contributed by atoms with Crippen molar-refractivity contribution in [2.75, 3.05) is 13.6 Å². The normalized spacial score (nSPS) is 32.0. The lowest BCUT2D eigenvalue weighted by molar-refractivity contribution is -0.132. The molecule has 2 aliphatic carbocycles. The number of likely N-dealkylation sites (N-methyl/N-ethyl adjacent to an activating group) is 1. The zero-order chi connectivity index (χ0) is 17.8. The first-order valence-electron chi connectivity index (χ1n) is 10.1. The molecule has 5 atom stereocenters. The molecule has 2 amide bonds. The summed E-state index contributed by atoms with van der Waals surface area (Å²) >= 11 is 0. The number of hydrogen-bond acceptors (Lipinski definition) is 4. The monoisotopic (exact) mass is 350 g/mol. The van der Waals surface area contributed by atoms with Crippen molar-refractivity contribution in [1.29, 1.82) is 0 Å². The van der Waals surface area contributed by atoms with Gasteiger partial charge >= 0.3 is 0 Å². The number of hydrogen-bond donors (Lipinski definition) is 4. The summed E-state index contributed by atoms with van der Waals surface area (Å²) in [5.74, 6) is 0.872. The highest BCUT2D eigenvalue weighted by atomic mass is 16.2. The van der Waals surface area contributed by atoms with E-state index in [1.165, 1.54) is 12.8 Å². The highest BCUT2D eigenvalue weighted by Crippen LogP contribution is 2.30. The summed E-state index contributed by atoms with van der Waals surface area (Å²) < 4.78 is 0. The Kier molecular flexibility index (Phi) is 6.34. The van der Waals surface area contributed by atoms with Gasteiger partial charge in [0, 0.05) is 12.1 Å². The molecule has 0 aromatic heterocycles. The SMILES string of the molecule is CN[C@@H](C)C(=O)N[C@H](C(=O)NC1C[C@H]2CC[C@@H]1NC2)C1CCCCC1. The summed E-state index contributed by atoms with van der Waals surface area (Å²) in [5, 5.41) is 12.8. The maximum absolute atomic E-state index is 13.1. The summed E-state index contributed by atoms with van der Waals surface area (Å²) in [6.07, 6.45) is 9.09. The molecule has 0 aromatic rings. The maximum Gasteiger partial charge on any atom is 0.243 e. The first-order chi connectivity index (χ1) is 12.1. The van der Waals surface area contributed by atoms with E-state index >= 15 is 0 Å². The molecule has 1 unspecified atom stereocenters. The van der Waals surface area contributed by atoms with Gasteiger partial charge in [0.25, 0.3) is 0 Å². The Bertz CT molecular complexity index is 470. The third-order valence-electron chi connectivity index (χ3n) is 6.48. The molecule has 4 N–H and O–H groups in total.